The van der Waals surface area contributed by atoms with E-state index in [0.717, 1.165) is 24.7 Å². The monoisotopic (exact) mass is 520 g/mol. The zero-order valence-electron chi connectivity index (χ0n) is 13.8. The molecule has 0 aliphatic heterocycles. The minimum absolute atomic E-state index is 0. The quantitative estimate of drug-likeness (QED) is 0.352. The van der Waals surface area contributed by atoms with Crippen molar-refractivity contribution in [1.82, 2.24) is 15.6 Å². The average molecular weight is 521 g/mol. The van der Waals surface area contributed by atoms with E-state index < -0.39 is 0 Å². The molecule has 1 fully saturated rings. The molecule has 1 aromatic heterocycles. The third-order valence-corrected chi connectivity index (χ3v) is 6.00. The normalized spacial score (nSPS) is 15.5. The van der Waals surface area contributed by atoms with Crippen LogP contribution in [-0.2, 0) is 12.0 Å². The number of aliphatic imine (C=N–C) groups is 1. The first-order valence-electron chi connectivity index (χ1n) is 7.73. The summed E-state index contributed by atoms with van der Waals surface area (Å²) in [6.45, 7) is 3.70. The average Bonchev–Trinajstić information content (AvgIpc) is 3.23. The Balaban J connectivity index is 0.00000208. The molecule has 1 aliphatic carbocycles. The summed E-state index contributed by atoms with van der Waals surface area (Å²) >= 11 is 5.36. The molecule has 7 heteroatoms. The fourth-order valence-corrected chi connectivity index (χ4v) is 4.14. The molecule has 0 atom stereocenters. The number of nitrogens with zero attached hydrogens (tertiary/aromatic N) is 2. The molecule has 2 N–H and O–H groups in total. The second-order valence-electron chi connectivity index (χ2n) is 5.90. The summed E-state index contributed by atoms with van der Waals surface area (Å²) in [5.41, 5.74) is 4.60. The number of hydrogen-bond donors (Lipinski definition) is 2. The molecule has 0 bridgehead atoms. The van der Waals surface area contributed by atoms with Crippen LogP contribution in [0.25, 0.3) is 0 Å². The van der Waals surface area contributed by atoms with E-state index in [0.29, 0.717) is 0 Å². The van der Waals surface area contributed by atoms with Crippen molar-refractivity contribution in [2.75, 3.05) is 13.6 Å². The standard InChI is InChI=1S/C17H21BrN4S.HI/c1-12-15(23-11-22-12)9-20-16(19-2)21-10-17(7-8-17)13-5-3-4-6-14(13)18;/h3-6,11H,7-10H2,1-2H3,(H2,19,20,21);1H. The maximum absolute atomic E-state index is 4.33. The van der Waals surface area contributed by atoms with Crippen molar-refractivity contribution in [3.63, 3.8) is 0 Å². The molecule has 1 aromatic carbocycles. The molecule has 0 amide bonds. The molecule has 0 spiro atoms. The number of aromatic nitrogens is 1. The highest BCUT2D eigenvalue weighted by atomic mass is 127. The predicted octanol–water partition coefficient (Wildman–Crippen LogP) is 4.23. The second-order valence-corrected chi connectivity index (χ2v) is 7.69. The Morgan fingerprint density at radius 3 is 2.67 bits per heavy atom. The number of thiazole rings is 1. The van der Waals surface area contributed by atoms with E-state index in [4.69, 9.17) is 0 Å². The van der Waals surface area contributed by atoms with Crippen LogP contribution < -0.4 is 10.6 Å². The highest BCUT2D eigenvalue weighted by Crippen LogP contribution is 2.49. The van der Waals surface area contributed by atoms with Gasteiger partial charge in [0.05, 0.1) is 17.7 Å². The molecule has 4 nitrogen and oxygen atoms in total. The lowest BCUT2D eigenvalue weighted by Gasteiger charge is -2.20. The van der Waals surface area contributed by atoms with E-state index in [1.807, 2.05) is 19.5 Å². The molecule has 130 valence electrons. The smallest absolute Gasteiger partial charge is 0.191 e. The van der Waals surface area contributed by atoms with Gasteiger partial charge in [-0.3, -0.25) is 4.99 Å². The van der Waals surface area contributed by atoms with Gasteiger partial charge >= 0.3 is 0 Å². The number of rotatable bonds is 5. The van der Waals surface area contributed by atoms with Crippen LogP contribution in [0, 0.1) is 6.92 Å². The second kappa shape index (κ2) is 8.62. The van der Waals surface area contributed by atoms with Gasteiger partial charge in [-0.15, -0.1) is 35.3 Å². The van der Waals surface area contributed by atoms with E-state index in [1.54, 1.807) is 11.3 Å². The zero-order valence-corrected chi connectivity index (χ0v) is 18.5. The van der Waals surface area contributed by atoms with Crippen LogP contribution in [-0.4, -0.2) is 24.5 Å². The number of hydrogen-bond acceptors (Lipinski definition) is 3. The topological polar surface area (TPSA) is 49.3 Å². The number of nitrogens with one attached hydrogen (secondary N) is 2. The first-order valence-corrected chi connectivity index (χ1v) is 9.40. The van der Waals surface area contributed by atoms with Crippen molar-refractivity contribution in [3.8, 4) is 0 Å². The Labute approximate surface area is 172 Å². The largest absolute Gasteiger partial charge is 0.356 e. The summed E-state index contributed by atoms with van der Waals surface area (Å²) in [6, 6.07) is 8.51. The summed E-state index contributed by atoms with van der Waals surface area (Å²) in [6.07, 6.45) is 2.43. The Bertz CT molecular complexity index is 712. The van der Waals surface area contributed by atoms with E-state index in [1.165, 1.54) is 27.8 Å². The van der Waals surface area contributed by atoms with Crippen molar-refractivity contribution in [3.05, 3.63) is 50.4 Å². The van der Waals surface area contributed by atoms with E-state index in [-0.39, 0.29) is 29.4 Å². The van der Waals surface area contributed by atoms with Crippen LogP contribution in [0.2, 0.25) is 0 Å². The van der Waals surface area contributed by atoms with Gasteiger partial charge in [0.2, 0.25) is 0 Å². The number of halogens is 2. The van der Waals surface area contributed by atoms with E-state index in [9.17, 15) is 0 Å². The summed E-state index contributed by atoms with van der Waals surface area (Å²) in [4.78, 5) is 9.86. The van der Waals surface area contributed by atoms with Gasteiger partial charge in [0, 0.05) is 28.4 Å². The lowest BCUT2D eigenvalue weighted by atomic mass is 9.96. The van der Waals surface area contributed by atoms with Gasteiger partial charge in [-0.2, -0.15) is 0 Å². The Morgan fingerprint density at radius 2 is 2.08 bits per heavy atom. The Morgan fingerprint density at radius 1 is 1.33 bits per heavy atom. The lowest BCUT2D eigenvalue weighted by Crippen LogP contribution is -2.40. The van der Waals surface area contributed by atoms with Gasteiger partial charge in [-0.05, 0) is 31.4 Å². The third-order valence-electron chi connectivity index (χ3n) is 4.38. The fourth-order valence-electron chi connectivity index (χ4n) is 2.72. The minimum atomic E-state index is 0. The molecular weight excluding hydrogens is 499 g/mol. The minimum Gasteiger partial charge on any atom is -0.356 e. The molecule has 0 unspecified atom stereocenters. The Kier molecular flexibility index (Phi) is 7.06. The molecular formula is C17H22BrIN4S. The highest BCUT2D eigenvalue weighted by Gasteiger charge is 2.45. The molecule has 3 rings (SSSR count). The van der Waals surface area contributed by atoms with Crippen molar-refractivity contribution in [1.29, 1.82) is 0 Å². The van der Waals surface area contributed by atoms with Crippen LogP contribution in [0.5, 0.6) is 0 Å². The number of benzene rings is 1. The van der Waals surface area contributed by atoms with Gasteiger partial charge in [-0.25, -0.2) is 4.98 Å². The predicted molar refractivity (Wildman–Crippen MR) is 116 cm³/mol. The van der Waals surface area contributed by atoms with Gasteiger partial charge in [-0.1, -0.05) is 34.1 Å². The molecule has 1 saturated carbocycles. The van der Waals surface area contributed by atoms with Gasteiger partial charge in [0.1, 0.15) is 0 Å². The summed E-state index contributed by atoms with van der Waals surface area (Å²) in [5, 5.41) is 6.86. The van der Waals surface area contributed by atoms with Gasteiger partial charge in [0.15, 0.2) is 5.96 Å². The fraction of sp³-hybridized carbons (Fsp3) is 0.412. The van der Waals surface area contributed by atoms with Crippen molar-refractivity contribution < 1.29 is 0 Å². The van der Waals surface area contributed by atoms with Crippen LogP contribution in [0.4, 0.5) is 0 Å². The highest BCUT2D eigenvalue weighted by molar-refractivity contribution is 14.0. The summed E-state index contributed by atoms with van der Waals surface area (Å²) in [7, 11) is 1.81. The third kappa shape index (κ3) is 4.49. The molecule has 2 aromatic rings. The number of aryl methyl sites for hydroxylation is 1. The van der Waals surface area contributed by atoms with E-state index >= 15 is 0 Å². The van der Waals surface area contributed by atoms with Crippen LogP contribution in [0.3, 0.4) is 0 Å². The first-order chi connectivity index (χ1) is 11.1. The Hall–Kier alpha value is -0.670. The molecule has 24 heavy (non-hydrogen) atoms. The van der Waals surface area contributed by atoms with Crippen LogP contribution in [0.15, 0.2) is 39.2 Å². The molecule has 1 aliphatic rings. The summed E-state index contributed by atoms with van der Waals surface area (Å²) < 4.78 is 1.20. The van der Waals surface area contributed by atoms with Crippen molar-refractivity contribution in [2.45, 2.75) is 31.7 Å². The zero-order chi connectivity index (χ0) is 16.3. The van der Waals surface area contributed by atoms with E-state index in [2.05, 4.69) is 60.8 Å². The maximum atomic E-state index is 4.33. The summed E-state index contributed by atoms with van der Waals surface area (Å²) in [5.74, 6) is 0.844. The number of guanidine groups is 1. The van der Waals surface area contributed by atoms with Crippen molar-refractivity contribution in [2.24, 2.45) is 4.99 Å². The van der Waals surface area contributed by atoms with Gasteiger partial charge < -0.3 is 10.6 Å². The maximum Gasteiger partial charge on any atom is 0.191 e. The van der Waals surface area contributed by atoms with Crippen molar-refractivity contribution >= 4 is 57.2 Å². The SMILES string of the molecule is CN=C(NCc1scnc1C)NCC1(c2ccccc2Br)CC1.I. The molecule has 0 saturated heterocycles. The first kappa shape index (κ1) is 19.7. The van der Waals surface area contributed by atoms with Crippen LogP contribution >= 0.6 is 51.2 Å². The van der Waals surface area contributed by atoms with Crippen LogP contribution in [0.1, 0.15) is 29.0 Å². The van der Waals surface area contributed by atoms with Gasteiger partial charge in [0.25, 0.3) is 0 Å². The molecule has 1 heterocycles. The lowest BCUT2D eigenvalue weighted by molar-refractivity contribution is 0.643. The molecule has 0 radical (unpaired) electrons.